The fraction of sp³-hybridized carbons (Fsp3) is 0.263. The van der Waals surface area contributed by atoms with Crippen molar-refractivity contribution < 1.29 is 32.6 Å². The van der Waals surface area contributed by atoms with Crippen LogP contribution in [0.2, 0.25) is 10.0 Å². The van der Waals surface area contributed by atoms with Gasteiger partial charge in [-0.3, -0.25) is 9.59 Å². The molecule has 0 aliphatic heterocycles. The van der Waals surface area contributed by atoms with Gasteiger partial charge < -0.3 is 19.9 Å². The largest absolute Gasteiger partial charge is 0.497 e. The Kier molecular flexibility index (Phi) is 8.66. The van der Waals surface area contributed by atoms with Crippen LogP contribution in [0.1, 0.15) is 6.92 Å². The molecule has 2 aromatic carbocycles. The number of halogens is 2. The number of hydrogen-bond acceptors (Lipinski definition) is 7. The van der Waals surface area contributed by atoms with Gasteiger partial charge >= 0.3 is 5.97 Å². The van der Waals surface area contributed by atoms with E-state index in [9.17, 15) is 23.1 Å². The third-order valence-electron chi connectivity index (χ3n) is 3.92. The van der Waals surface area contributed by atoms with E-state index in [1.165, 1.54) is 26.2 Å². The number of sulfonamides is 1. The van der Waals surface area contributed by atoms with E-state index in [1.807, 2.05) is 4.72 Å². The number of aliphatic hydroxyl groups is 1. The van der Waals surface area contributed by atoms with Gasteiger partial charge in [0.25, 0.3) is 5.91 Å². The van der Waals surface area contributed by atoms with Crippen LogP contribution in [0.5, 0.6) is 5.75 Å². The molecule has 0 saturated heterocycles. The number of amides is 1. The molecule has 0 fully saturated rings. The van der Waals surface area contributed by atoms with E-state index in [1.54, 1.807) is 24.3 Å². The average molecular weight is 491 g/mol. The van der Waals surface area contributed by atoms with Crippen molar-refractivity contribution >= 4 is 50.8 Å². The summed E-state index contributed by atoms with van der Waals surface area (Å²) in [6, 6.07) is 8.39. The van der Waals surface area contributed by atoms with Gasteiger partial charge in [0.2, 0.25) is 10.0 Å². The third-order valence-corrected chi connectivity index (χ3v) is 6.10. The highest BCUT2D eigenvalue weighted by atomic mass is 35.5. The number of methoxy groups -OCH3 is 1. The number of carbonyl (C=O) groups excluding carboxylic acids is 2. The highest BCUT2D eigenvalue weighted by molar-refractivity contribution is 7.89. The Morgan fingerprint density at radius 1 is 1.13 bits per heavy atom. The van der Waals surface area contributed by atoms with Crippen molar-refractivity contribution in [3.8, 4) is 5.75 Å². The fourth-order valence-corrected chi connectivity index (χ4v) is 3.99. The van der Waals surface area contributed by atoms with Crippen LogP contribution in [0.3, 0.4) is 0 Å². The molecule has 0 bridgehead atoms. The number of ether oxygens (including phenoxy) is 2. The highest BCUT2D eigenvalue weighted by Crippen LogP contribution is 2.25. The molecule has 0 aromatic heterocycles. The fourth-order valence-electron chi connectivity index (χ4n) is 2.35. The average Bonchev–Trinajstić information content (AvgIpc) is 2.72. The maximum atomic E-state index is 12.5. The lowest BCUT2D eigenvalue weighted by Gasteiger charge is -2.20. The Morgan fingerprint density at radius 3 is 2.45 bits per heavy atom. The summed E-state index contributed by atoms with van der Waals surface area (Å²) < 4.78 is 37.0. The zero-order valence-electron chi connectivity index (χ0n) is 16.5. The van der Waals surface area contributed by atoms with E-state index < -0.39 is 40.7 Å². The maximum absolute atomic E-state index is 12.5. The summed E-state index contributed by atoms with van der Waals surface area (Å²) in [6.07, 6.45) is -1.45. The predicted molar refractivity (Wildman–Crippen MR) is 115 cm³/mol. The van der Waals surface area contributed by atoms with E-state index in [0.29, 0.717) is 11.4 Å². The van der Waals surface area contributed by atoms with Gasteiger partial charge in [-0.15, -0.1) is 0 Å². The first-order valence-electron chi connectivity index (χ1n) is 8.79. The van der Waals surface area contributed by atoms with Crippen LogP contribution < -0.4 is 14.8 Å². The highest BCUT2D eigenvalue weighted by Gasteiger charge is 2.31. The summed E-state index contributed by atoms with van der Waals surface area (Å²) in [5, 5.41) is 12.5. The topological polar surface area (TPSA) is 131 Å². The second kappa shape index (κ2) is 10.8. The third kappa shape index (κ3) is 7.08. The number of benzene rings is 2. The minimum Gasteiger partial charge on any atom is -0.497 e. The quantitative estimate of drug-likeness (QED) is 0.459. The number of esters is 1. The molecule has 9 nitrogen and oxygen atoms in total. The monoisotopic (exact) mass is 490 g/mol. The smallest absolute Gasteiger partial charge is 0.327 e. The molecule has 2 atom stereocenters. The summed E-state index contributed by atoms with van der Waals surface area (Å²) in [5.74, 6) is -1.29. The molecular weight excluding hydrogens is 471 g/mol. The van der Waals surface area contributed by atoms with Crippen LogP contribution in [0.4, 0.5) is 5.69 Å². The molecule has 0 saturated carbocycles. The number of nitrogens with one attached hydrogen (secondary N) is 2. The Morgan fingerprint density at radius 2 is 1.84 bits per heavy atom. The van der Waals surface area contributed by atoms with Crippen LogP contribution in [-0.2, 0) is 24.3 Å². The van der Waals surface area contributed by atoms with Gasteiger partial charge in [0.05, 0.1) is 28.2 Å². The van der Waals surface area contributed by atoms with Crippen LogP contribution >= 0.6 is 23.2 Å². The molecule has 168 valence electrons. The van der Waals surface area contributed by atoms with Crippen molar-refractivity contribution in [2.75, 3.05) is 19.0 Å². The van der Waals surface area contributed by atoms with E-state index >= 15 is 0 Å². The molecule has 3 N–H and O–H groups in total. The zero-order chi connectivity index (χ0) is 23.2. The molecule has 2 rings (SSSR count). The van der Waals surface area contributed by atoms with Crippen molar-refractivity contribution in [1.29, 1.82) is 0 Å². The number of rotatable bonds is 9. The Bertz CT molecular complexity index is 1060. The Balaban J connectivity index is 2.02. The molecule has 0 heterocycles. The Labute approximate surface area is 189 Å². The SMILES string of the molecule is COc1cccc(NC(=O)COC(=O)C(NS(=O)(=O)c2ccc(Cl)c(Cl)c2)C(C)O)c1. The first kappa shape index (κ1) is 24.9. The van der Waals surface area contributed by atoms with Crippen LogP contribution in [0.25, 0.3) is 0 Å². The van der Waals surface area contributed by atoms with Crippen molar-refractivity contribution in [2.24, 2.45) is 0 Å². The minimum absolute atomic E-state index is 0.00470. The van der Waals surface area contributed by atoms with Crippen molar-refractivity contribution in [3.05, 3.63) is 52.5 Å². The van der Waals surface area contributed by atoms with Crippen LogP contribution in [0.15, 0.2) is 47.4 Å². The lowest BCUT2D eigenvalue weighted by atomic mass is 10.2. The van der Waals surface area contributed by atoms with Gasteiger partial charge in [0.1, 0.15) is 11.8 Å². The van der Waals surface area contributed by atoms with E-state index in [4.69, 9.17) is 32.7 Å². The molecule has 0 radical (unpaired) electrons. The van der Waals surface area contributed by atoms with E-state index in [-0.39, 0.29) is 14.9 Å². The number of hydrogen-bond donors (Lipinski definition) is 3. The second-order valence-corrected chi connectivity index (χ2v) is 8.83. The Hall–Kier alpha value is -2.37. The standard InChI is InChI=1S/C19H20Cl2N2O7S/c1-11(24)18(23-31(27,28)14-6-7-15(20)16(21)9-14)19(26)30-10-17(25)22-12-4-3-5-13(8-12)29-2/h3-9,11,18,23-24H,10H2,1-2H3,(H,22,25). The van der Waals surface area contributed by atoms with Crippen LogP contribution in [0, 0.1) is 0 Å². The lowest BCUT2D eigenvalue weighted by molar-refractivity contribution is -0.151. The molecule has 0 aliphatic rings. The molecular formula is C19H20Cl2N2O7S. The van der Waals surface area contributed by atoms with Crippen molar-refractivity contribution in [2.45, 2.75) is 24.0 Å². The molecule has 0 aliphatic carbocycles. The summed E-state index contributed by atoms with van der Waals surface area (Å²) in [5.41, 5.74) is 0.410. The number of carbonyl (C=O) groups is 2. The van der Waals surface area contributed by atoms with Gasteiger partial charge in [-0.05, 0) is 37.3 Å². The van der Waals surface area contributed by atoms with Gasteiger partial charge in [0.15, 0.2) is 6.61 Å². The second-order valence-electron chi connectivity index (χ2n) is 6.30. The minimum atomic E-state index is -4.25. The maximum Gasteiger partial charge on any atom is 0.327 e. The summed E-state index contributed by atoms with van der Waals surface area (Å²) in [7, 11) is -2.78. The van der Waals surface area contributed by atoms with Crippen molar-refractivity contribution in [1.82, 2.24) is 4.72 Å². The lowest BCUT2D eigenvalue weighted by Crippen LogP contribution is -2.48. The predicted octanol–water partition coefficient (Wildman–Crippen LogP) is 2.21. The molecule has 2 unspecified atom stereocenters. The zero-order valence-corrected chi connectivity index (χ0v) is 18.8. The van der Waals surface area contributed by atoms with Gasteiger partial charge in [0, 0.05) is 11.8 Å². The van der Waals surface area contributed by atoms with Crippen LogP contribution in [-0.4, -0.2) is 51.3 Å². The van der Waals surface area contributed by atoms with E-state index in [0.717, 1.165) is 6.07 Å². The summed E-state index contributed by atoms with van der Waals surface area (Å²) in [4.78, 5) is 24.1. The number of aliphatic hydroxyl groups excluding tert-OH is 1. The van der Waals surface area contributed by atoms with E-state index in [2.05, 4.69) is 5.32 Å². The molecule has 31 heavy (non-hydrogen) atoms. The normalized spacial score (nSPS) is 13.2. The molecule has 2 aromatic rings. The molecule has 12 heteroatoms. The molecule has 1 amide bonds. The summed E-state index contributed by atoms with van der Waals surface area (Å²) in [6.45, 7) is 0.493. The van der Waals surface area contributed by atoms with Gasteiger partial charge in [-0.1, -0.05) is 29.3 Å². The van der Waals surface area contributed by atoms with Gasteiger partial charge in [-0.2, -0.15) is 4.72 Å². The summed E-state index contributed by atoms with van der Waals surface area (Å²) >= 11 is 11.6. The first-order chi connectivity index (χ1) is 14.5. The number of anilines is 1. The van der Waals surface area contributed by atoms with Crippen molar-refractivity contribution in [3.63, 3.8) is 0 Å². The van der Waals surface area contributed by atoms with Gasteiger partial charge in [-0.25, -0.2) is 8.42 Å². The first-order valence-corrected chi connectivity index (χ1v) is 11.0. The molecule has 0 spiro atoms.